The van der Waals surface area contributed by atoms with Gasteiger partial charge in [-0.15, -0.1) is 0 Å². The molecule has 0 aliphatic rings. The minimum Gasteiger partial charge on any atom is -0.547 e. The van der Waals surface area contributed by atoms with Gasteiger partial charge in [0.1, 0.15) is 6.10 Å². The Morgan fingerprint density at radius 3 is 1.38 bits per heavy atom. The van der Waals surface area contributed by atoms with Crippen LogP contribution in [-0.4, -0.2) is 28.3 Å². The van der Waals surface area contributed by atoms with Gasteiger partial charge in [-0.1, -0.05) is 0 Å². The summed E-state index contributed by atoms with van der Waals surface area (Å²) in [7, 11) is 0. The van der Waals surface area contributed by atoms with Gasteiger partial charge in [-0.05, 0) is 0 Å². The summed E-state index contributed by atoms with van der Waals surface area (Å²) in [4.78, 5) is 19.3. The first-order valence-corrected chi connectivity index (χ1v) is 2.14. The van der Waals surface area contributed by atoms with Crippen molar-refractivity contribution < 1.29 is 63.9 Å². The second-order valence-corrected chi connectivity index (χ2v) is 1.43. The third kappa shape index (κ3) is 36.8. The largest absolute Gasteiger partial charge is 2.00 e. The van der Waals surface area contributed by atoms with E-state index < -0.39 is 24.5 Å². The fourth-order valence-corrected chi connectivity index (χ4v) is 0.249. The van der Waals surface area contributed by atoms with E-state index in [1.807, 2.05) is 0 Å². The van der Waals surface area contributed by atoms with Crippen molar-refractivity contribution in [3.8, 4) is 0 Å². The van der Waals surface area contributed by atoms with E-state index in [9.17, 15) is 14.7 Å². The molecule has 0 aromatic heterocycles. The SMILES string of the molecule is O=C(O)CC(O)C(=O)[O-].[CH3-].[CH3-].[CH3-].[CH3-].[CH3-].[Zn+2].[Zn]. The minimum atomic E-state index is -1.90. The average Bonchev–Trinajstić information content (AvgIpc) is 1.63. The molecule has 1 unspecified atom stereocenters. The van der Waals surface area contributed by atoms with Gasteiger partial charge in [0, 0.05) is 19.5 Å². The van der Waals surface area contributed by atoms with E-state index in [4.69, 9.17) is 10.2 Å². The monoisotopic (exact) mass is 336 g/mol. The van der Waals surface area contributed by atoms with Crippen LogP contribution in [-0.2, 0) is 48.5 Å². The maximum absolute atomic E-state index is 9.66. The third-order valence-corrected chi connectivity index (χ3v) is 0.640. The Morgan fingerprint density at radius 2 is 1.31 bits per heavy atom. The first-order valence-electron chi connectivity index (χ1n) is 2.14. The predicted molar refractivity (Wildman–Crippen MR) is 55.3 cm³/mol. The van der Waals surface area contributed by atoms with Gasteiger partial charge in [0.25, 0.3) is 0 Å². The minimum absolute atomic E-state index is 0. The molecule has 0 fully saturated rings. The second kappa shape index (κ2) is 29.4. The predicted octanol–water partition coefficient (Wildman–Crippen LogP) is -0.182. The van der Waals surface area contributed by atoms with Crippen molar-refractivity contribution in [1.82, 2.24) is 0 Å². The number of carbonyl (C=O) groups is 2. The Kier molecular flexibility index (Phi) is 103. The van der Waals surface area contributed by atoms with Crippen LogP contribution in [0.5, 0.6) is 0 Å². The summed E-state index contributed by atoms with van der Waals surface area (Å²) in [6, 6.07) is 0. The molecule has 0 spiro atoms. The van der Waals surface area contributed by atoms with Crippen LogP contribution in [0.1, 0.15) is 6.42 Å². The van der Waals surface area contributed by atoms with E-state index in [1.165, 1.54) is 0 Å². The maximum atomic E-state index is 9.66. The summed E-state index contributed by atoms with van der Waals surface area (Å²) in [5.74, 6) is -3.14. The van der Waals surface area contributed by atoms with Gasteiger partial charge < -0.3 is 57.2 Å². The number of carbonyl (C=O) groups excluding carboxylic acids is 1. The fraction of sp³-hybridized carbons (Fsp3) is 0.222. The summed E-state index contributed by atoms with van der Waals surface area (Å²) in [5.41, 5.74) is 0. The number of carboxylic acid groups (broad SMARTS) is 2. The van der Waals surface area contributed by atoms with Crippen molar-refractivity contribution in [2.75, 3.05) is 0 Å². The Bertz CT molecular complexity index is 142. The number of hydrogen-bond donors (Lipinski definition) is 2. The summed E-state index contributed by atoms with van der Waals surface area (Å²) in [6.45, 7) is 0. The van der Waals surface area contributed by atoms with Gasteiger partial charge in [0.05, 0.1) is 12.4 Å². The Morgan fingerprint density at radius 1 is 1.06 bits per heavy atom. The van der Waals surface area contributed by atoms with Crippen LogP contribution in [0.2, 0.25) is 0 Å². The summed E-state index contributed by atoms with van der Waals surface area (Å²) in [6.07, 6.45) is -2.72. The molecule has 7 heteroatoms. The molecule has 0 aromatic carbocycles. The van der Waals surface area contributed by atoms with Gasteiger partial charge >= 0.3 is 25.4 Å². The van der Waals surface area contributed by atoms with E-state index in [0.29, 0.717) is 0 Å². The van der Waals surface area contributed by atoms with Crippen LogP contribution in [0.25, 0.3) is 0 Å². The first-order chi connectivity index (χ1) is 4.04. The van der Waals surface area contributed by atoms with Gasteiger partial charge in [0.2, 0.25) is 0 Å². The molecule has 0 aliphatic heterocycles. The zero-order chi connectivity index (χ0) is 7.44. The number of hydrogen-bond acceptors (Lipinski definition) is 4. The fourth-order valence-electron chi connectivity index (χ4n) is 0.249. The normalized spacial score (nSPS) is 7.06. The third-order valence-electron chi connectivity index (χ3n) is 0.640. The van der Waals surface area contributed by atoms with Gasteiger partial charge in [-0.3, -0.25) is 4.79 Å². The smallest absolute Gasteiger partial charge is 0.547 e. The van der Waals surface area contributed by atoms with Crippen molar-refractivity contribution in [2.45, 2.75) is 12.5 Å². The van der Waals surface area contributed by atoms with Crippen molar-refractivity contribution in [3.05, 3.63) is 37.1 Å². The molecule has 0 saturated carbocycles. The van der Waals surface area contributed by atoms with E-state index >= 15 is 0 Å². The standard InChI is InChI=1S/C4H6O5.5CH3.2Zn/c5-2(4(8)9)1-3(6)7;;;;;;;/h2,5H,1H2,(H,6,7)(H,8,9);5*1H3;;/q;5*-1;;+2/p-1. The summed E-state index contributed by atoms with van der Waals surface area (Å²) in [5, 5.41) is 25.7. The van der Waals surface area contributed by atoms with Crippen molar-refractivity contribution in [1.29, 1.82) is 0 Å². The Labute approximate surface area is 125 Å². The number of aliphatic hydroxyl groups excluding tert-OH is 1. The quantitative estimate of drug-likeness (QED) is 0.549. The van der Waals surface area contributed by atoms with E-state index in [-0.39, 0.29) is 76.1 Å². The van der Waals surface area contributed by atoms with Crippen molar-refractivity contribution in [2.24, 2.45) is 0 Å². The zero-order valence-electron chi connectivity index (χ0n) is 10.8. The molecule has 1 atom stereocenters. The molecule has 0 saturated heterocycles. The number of rotatable bonds is 3. The molecule has 0 amide bonds. The molecule has 16 heavy (non-hydrogen) atoms. The van der Waals surface area contributed by atoms with Gasteiger partial charge in [-0.2, -0.15) is 0 Å². The topological polar surface area (TPSA) is 97.7 Å². The Hall–Kier alpha value is 0.147. The second-order valence-electron chi connectivity index (χ2n) is 1.43. The molecule has 94 valence electrons. The molecular formula is C9H20O5Zn2-4. The summed E-state index contributed by atoms with van der Waals surface area (Å²) < 4.78 is 0. The van der Waals surface area contributed by atoms with E-state index in [2.05, 4.69) is 0 Å². The van der Waals surface area contributed by atoms with E-state index in [0.717, 1.165) is 0 Å². The molecule has 0 radical (unpaired) electrons. The molecular weight excluding hydrogens is 319 g/mol. The number of aliphatic carboxylic acids is 2. The summed E-state index contributed by atoms with van der Waals surface area (Å²) >= 11 is 0. The van der Waals surface area contributed by atoms with Gasteiger partial charge in [-0.25, -0.2) is 0 Å². The first kappa shape index (κ1) is 55.8. The number of carboxylic acids is 2. The average molecular weight is 339 g/mol. The van der Waals surface area contributed by atoms with Gasteiger partial charge in [0.15, 0.2) is 0 Å². The molecule has 2 N–H and O–H groups in total. The molecule has 0 aromatic rings. The van der Waals surface area contributed by atoms with Crippen molar-refractivity contribution >= 4 is 11.9 Å². The van der Waals surface area contributed by atoms with Crippen LogP contribution in [0.3, 0.4) is 0 Å². The number of aliphatic hydroxyl groups is 1. The Balaban J connectivity index is -0.0000000152. The van der Waals surface area contributed by atoms with Crippen LogP contribution in [0.4, 0.5) is 0 Å². The van der Waals surface area contributed by atoms with Crippen LogP contribution < -0.4 is 5.11 Å². The van der Waals surface area contributed by atoms with Crippen LogP contribution in [0, 0.1) is 37.1 Å². The molecule has 0 heterocycles. The molecule has 5 nitrogen and oxygen atoms in total. The van der Waals surface area contributed by atoms with Crippen molar-refractivity contribution in [3.63, 3.8) is 0 Å². The zero-order valence-corrected chi connectivity index (χ0v) is 16.8. The van der Waals surface area contributed by atoms with Crippen LogP contribution >= 0.6 is 0 Å². The molecule has 0 rings (SSSR count). The molecule has 0 bridgehead atoms. The van der Waals surface area contributed by atoms with E-state index in [1.54, 1.807) is 0 Å². The maximum Gasteiger partial charge on any atom is 2.00 e. The van der Waals surface area contributed by atoms with Crippen LogP contribution in [0.15, 0.2) is 0 Å². The molecule has 0 aliphatic carbocycles.